The predicted octanol–water partition coefficient (Wildman–Crippen LogP) is 6.90. The zero-order valence-electron chi connectivity index (χ0n) is 19.1. The van der Waals surface area contributed by atoms with E-state index in [4.69, 9.17) is 9.40 Å². The standard InChI is InChI=1S/C30H26N2O2/c1-2-22-14-16-23(17-15-22)20-32(21-25-11-8-18-34-25)30(33)27-19-29(24-9-4-3-5-10-24)31-28-13-7-6-12-26(27)28/h3-19H,2,20-21H2,1H3. The van der Waals surface area contributed by atoms with Gasteiger partial charge in [0.15, 0.2) is 0 Å². The number of pyridine rings is 1. The normalized spacial score (nSPS) is 11.0. The molecule has 0 unspecified atom stereocenters. The molecule has 5 aromatic rings. The van der Waals surface area contributed by atoms with Gasteiger partial charge in [0.25, 0.3) is 5.91 Å². The van der Waals surface area contributed by atoms with E-state index in [9.17, 15) is 4.79 Å². The predicted molar refractivity (Wildman–Crippen MR) is 135 cm³/mol. The van der Waals surface area contributed by atoms with Gasteiger partial charge in [-0.25, -0.2) is 4.98 Å². The SMILES string of the molecule is CCc1ccc(CN(Cc2ccco2)C(=O)c2cc(-c3ccccc3)nc3ccccc23)cc1. The van der Waals surface area contributed by atoms with Crippen LogP contribution in [0.2, 0.25) is 0 Å². The van der Waals surface area contributed by atoms with Gasteiger partial charge >= 0.3 is 0 Å². The van der Waals surface area contributed by atoms with Crippen LogP contribution in [0, 0.1) is 0 Å². The largest absolute Gasteiger partial charge is 0.467 e. The van der Waals surface area contributed by atoms with Crippen LogP contribution < -0.4 is 0 Å². The highest BCUT2D eigenvalue weighted by Gasteiger charge is 2.21. The van der Waals surface area contributed by atoms with E-state index >= 15 is 0 Å². The van der Waals surface area contributed by atoms with Gasteiger partial charge in [0.2, 0.25) is 0 Å². The van der Waals surface area contributed by atoms with Crippen molar-refractivity contribution in [2.75, 3.05) is 0 Å². The molecule has 0 spiro atoms. The number of aryl methyl sites for hydroxylation is 1. The van der Waals surface area contributed by atoms with E-state index in [1.165, 1.54) is 5.56 Å². The lowest BCUT2D eigenvalue weighted by molar-refractivity contribution is 0.0719. The molecule has 168 valence electrons. The number of aromatic nitrogens is 1. The van der Waals surface area contributed by atoms with E-state index in [-0.39, 0.29) is 5.91 Å². The first-order valence-electron chi connectivity index (χ1n) is 11.6. The Morgan fingerprint density at radius 1 is 0.824 bits per heavy atom. The Hall–Kier alpha value is -4.18. The molecule has 2 heterocycles. The van der Waals surface area contributed by atoms with Crippen molar-refractivity contribution >= 4 is 16.8 Å². The second-order valence-electron chi connectivity index (χ2n) is 8.35. The number of amides is 1. The first-order chi connectivity index (χ1) is 16.7. The van der Waals surface area contributed by atoms with Crippen molar-refractivity contribution < 1.29 is 9.21 Å². The van der Waals surface area contributed by atoms with Gasteiger partial charge in [0.1, 0.15) is 5.76 Å². The summed E-state index contributed by atoms with van der Waals surface area (Å²) in [6, 6.07) is 31.9. The summed E-state index contributed by atoms with van der Waals surface area (Å²) in [7, 11) is 0. The highest BCUT2D eigenvalue weighted by molar-refractivity contribution is 6.07. The van der Waals surface area contributed by atoms with Crippen molar-refractivity contribution in [2.45, 2.75) is 26.4 Å². The van der Waals surface area contributed by atoms with Gasteiger partial charge in [-0.15, -0.1) is 0 Å². The Morgan fingerprint density at radius 2 is 1.56 bits per heavy atom. The van der Waals surface area contributed by atoms with E-state index in [0.717, 1.165) is 39.9 Å². The molecule has 0 aliphatic heterocycles. The number of hydrogen-bond donors (Lipinski definition) is 0. The Labute approximate surface area is 199 Å². The Morgan fingerprint density at radius 3 is 2.29 bits per heavy atom. The fraction of sp³-hybridized carbons (Fsp3) is 0.133. The summed E-state index contributed by atoms with van der Waals surface area (Å²) >= 11 is 0. The molecular weight excluding hydrogens is 420 g/mol. The number of furan rings is 1. The third kappa shape index (κ3) is 4.62. The first kappa shape index (κ1) is 21.7. The molecule has 0 aliphatic rings. The molecule has 0 saturated carbocycles. The maximum absolute atomic E-state index is 14.1. The highest BCUT2D eigenvalue weighted by atomic mass is 16.3. The minimum Gasteiger partial charge on any atom is -0.467 e. The molecule has 0 atom stereocenters. The van der Waals surface area contributed by atoms with Crippen molar-refractivity contribution in [1.29, 1.82) is 0 Å². The molecule has 5 rings (SSSR count). The van der Waals surface area contributed by atoms with E-state index in [1.807, 2.05) is 77.7 Å². The zero-order chi connectivity index (χ0) is 23.3. The summed E-state index contributed by atoms with van der Waals surface area (Å²) < 4.78 is 5.60. The monoisotopic (exact) mass is 446 g/mol. The maximum Gasteiger partial charge on any atom is 0.255 e. The van der Waals surface area contributed by atoms with Crippen LogP contribution >= 0.6 is 0 Å². The minimum atomic E-state index is -0.0493. The van der Waals surface area contributed by atoms with Gasteiger partial charge in [-0.3, -0.25) is 4.79 Å². The number of carbonyl (C=O) groups is 1. The molecule has 0 fully saturated rings. The summed E-state index contributed by atoms with van der Waals surface area (Å²) in [5, 5.41) is 0.845. The number of hydrogen-bond acceptors (Lipinski definition) is 3. The average molecular weight is 447 g/mol. The molecule has 3 aromatic carbocycles. The zero-order valence-corrected chi connectivity index (χ0v) is 19.1. The quantitative estimate of drug-likeness (QED) is 0.273. The molecular formula is C30H26N2O2. The van der Waals surface area contributed by atoms with Crippen LogP contribution in [-0.4, -0.2) is 15.8 Å². The first-order valence-corrected chi connectivity index (χ1v) is 11.6. The fourth-order valence-corrected chi connectivity index (χ4v) is 4.17. The lowest BCUT2D eigenvalue weighted by Crippen LogP contribution is -2.30. The Kier molecular flexibility index (Phi) is 6.21. The number of rotatable bonds is 7. The molecule has 4 nitrogen and oxygen atoms in total. The van der Waals surface area contributed by atoms with E-state index in [1.54, 1.807) is 6.26 Å². The van der Waals surface area contributed by atoms with Crippen LogP contribution in [-0.2, 0) is 19.5 Å². The average Bonchev–Trinajstić information content (AvgIpc) is 3.41. The summed E-state index contributed by atoms with van der Waals surface area (Å²) in [6.45, 7) is 3.01. The summed E-state index contributed by atoms with van der Waals surface area (Å²) in [5.41, 5.74) is 5.57. The second-order valence-corrected chi connectivity index (χ2v) is 8.35. The topological polar surface area (TPSA) is 46.3 Å². The van der Waals surface area contributed by atoms with Gasteiger partial charge < -0.3 is 9.32 Å². The molecule has 0 aliphatic carbocycles. The third-order valence-electron chi connectivity index (χ3n) is 6.03. The van der Waals surface area contributed by atoms with Crippen molar-refractivity contribution in [3.05, 3.63) is 126 Å². The molecule has 1 amide bonds. The van der Waals surface area contributed by atoms with Crippen molar-refractivity contribution in [2.24, 2.45) is 0 Å². The lowest BCUT2D eigenvalue weighted by atomic mass is 10.0. The molecule has 0 bridgehead atoms. The van der Waals surface area contributed by atoms with Crippen LogP contribution in [0.3, 0.4) is 0 Å². The number of carbonyl (C=O) groups excluding carboxylic acids is 1. The molecule has 4 heteroatoms. The van der Waals surface area contributed by atoms with E-state index < -0.39 is 0 Å². The second kappa shape index (κ2) is 9.75. The van der Waals surface area contributed by atoms with Gasteiger partial charge in [-0.05, 0) is 41.8 Å². The molecule has 34 heavy (non-hydrogen) atoms. The number of nitrogens with zero attached hydrogens (tertiary/aromatic N) is 2. The molecule has 2 aromatic heterocycles. The van der Waals surface area contributed by atoms with Crippen LogP contribution in [0.5, 0.6) is 0 Å². The van der Waals surface area contributed by atoms with Gasteiger partial charge in [-0.2, -0.15) is 0 Å². The van der Waals surface area contributed by atoms with E-state index in [0.29, 0.717) is 18.7 Å². The Balaban J connectivity index is 1.57. The summed E-state index contributed by atoms with van der Waals surface area (Å²) in [4.78, 5) is 20.7. The smallest absolute Gasteiger partial charge is 0.255 e. The maximum atomic E-state index is 14.1. The molecule has 0 saturated heterocycles. The third-order valence-corrected chi connectivity index (χ3v) is 6.03. The summed E-state index contributed by atoms with van der Waals surface area (Å²) in [6.07, 6.45) is 2.63. The number of para-hydroxylation sites is 1. The fourth-order valence-electron chi connectivity index (χ4n) is 4.17. The lowest BCUT2D eigenvalue weighted by Gasteiger charge is -2.23. The molecule has 0 radical (unpaired) electrons. The summed E-state index contributed by atoms with van der Waals surface area (Å²) in [5.74, 6) is 0.701. The number of fused-ring (bicyclic) bond motifs is 1. The van der Waals surface area contributed by atoms with Crippen molar-refractivity contribution in [3.63, 3.8) is 0 Å². The van der Waals surface area contributed by atoms with Crippen molar-refractivity contribution in [1.82, 2.24) is 9.88 Å². The van der Waals surface area contributed by atoms with Gasteiger partial charge in [0.05, 0.1) is 29.6 Å². The highest BCUT2D eigenvalue weighted by Crippen LogP contribution is 2.27. The Bertz CT molecular complexity index is 1390. The van der Waals surface area contributed by atoms with E-state index in [2.05, 4.69) is 31.2 Å². The van der Waals surface area contributed by atoms with Crippen molar-refractivity contribution in [3.8, 4) is 11.3 Å². The van der Waals surface area contributed by atoms with Crippen LogP contribution in [0.25, 0.3) is 22.2 Å². The van der Waals surface area contributed by atoms with Gasteiger partial charge in [-0.1, -0.05) is 79.7 Å². The van der Waals surface area contributed by atoms with Crippen LogP contribution in [0.1, 0.15) is 34.2 Å². The van der Waals surface area contributed by atoms with Crippen LogP contribution in [0.15, 0.2) is 108 Å². The van der Waals surface area contributed by atoms with Crippen LogP contribution in [0.4, 0.5) is 0 Å². The number of benzene rings is 3. The molecule has 0 N–H and O–H groups in total. The van der Waals surface area contributed by atoms with Gasteiger partial charge in [0, 0.05) is 17.5 Å². The minimum absolute atomic E-state index is 0.0493.